The Morgan fingerprint density at radius 2 is 0.730 bits per heavy atom. The van der Waals surface area contributed by atoms with Gasteiger partial charge in [0, 0.05) is 11.1 Å². The fourth-order valence-electron chi connectivity index (χ4n) is 9.27. The van der Waals surface area contributed by atoms with Gasteiger partial charge >= 0.3 is 0 Å². The van der Waals surface area contributed by atoms with Crippen molar-refractivity contribution in [2.24, 2.45) is 9.98 Å². The molecule has 0 unspecified atom stereocenters. The molecule has 298 valence electrons. The lowest BCUT2D eigenvalue weighted by atomic mass is 9.87. The third-order valence-electron chi connectivity index (χ3n) is 12.4. The fourth-order valence-corrected chi connectivity index (χ4v) is 9.27. The zero-order valence-electron chi connectivity index (χ0n) is 35.0. The van der Waals surface area contributed by atoms with Crippen molar-refractivity contribution in [3.05, 3.63) is 247 Å². The van der Waals surface area contributed by atoms with Crippen molar-refractivity contribution in [3.8, 4) is 44.5 Å². The second kappa shape index (κ2) is 16.8. The first-order chi connectivity index (χ1) is 31.2. The molecule has 0 aromatic heterocycles. The molecule has 2 nitrogen and oxygen atoms in total. The second-order valence-corrected chi connectivity index (χ2v) is 16.4. The Balaban J connectivity index is 1.15. The van der Waals surface area contributed by atoms with E-state index >= 15 is 0 Å². The molecular weight excluding hydrogens is 761 g/mol. The van der Waals surface area contributed by atoms with Crippen molar-refractivity contribution < 1.29 is 0 Å². The molecule has 0 N–H and O–H groups in total. The Kier molecular flexibility index (Phi) is 10.2. The van der Waals surface area contributed by atoms with E-state index in [0.717, 1.165) is 64.3 Å². The van der Waals surface area contributed by atoms with Gasteiger partial charge in [0.1, 0.15) is 0 Å². The molecule has 0 aliphatic carbocycles. The first kappa shape index (κ1) is 38.0. The first-order valence-corrected chi connectivity index (χ1v) is 22.0. The molecule has 0 fully saturated rings. The van der Waals surface area contributed by atoms with Gasteiger partial charge in [-0.15, -0.1) is 0 Å². The third kappa shape index (κ3) is 7.58. The van der Waals surface area contributed by atoms with E-state index in [9.17, 15) is 0 Å². The lowest BCUT2D eigenvalue weighted by Crippen LogP contribution is -2.07. The van der Waals surface area contributed by atoms with E-state index in [0.29, 0.717) is 0 Å². The monoisotopic (exact) mass is 804 g/mol. The molecular formula is C61H44N2. The molecule has 1 heterocycles. The van der Waals surface area contributed by atoms with E-state index in [1.807, 2.05) is 0 Å². The molecule has 10 aromatic rings. The highest BCUT2D eigenvalue weighted by Gasteiger charge is 2.19. The zero-order chi connectivity index (χ0) is 42.0. The second-order valence-electron chi connectivity index (χ2n) is 16.4. The lowest BCUT2D eigenvalue weighted by Gasteiger charge is -2.18. The zero-order valence-corrected chi connectivity index (χ0v) is 35.0. The Labute approximate surface area is 368 Å². The summed E-state index contributed by atoms with van der Waals surface area (Å²) in [5.41, 5.74) is 14.7. The van der Waals surface area contributed by atoms with Crippen molar-refractivity contribution in [1.82, 2.24) is 0 Å². The van der Waals surface area contributed by atoms with Gasteiger partial charge in [0.15, 0.2) is 5.84 Å². The molecule has 0 saturated carbocycles. The number of nitrogens with zero attached hydrogens (tertiary/aromatic N) is 2. The average molecular weight is 805 g/mol. The van der Waals surface area contributed by atoms with Crippen molar-refractivity contribution in [2.45, 2.75) is 19.3 Å². The summed E-state index contributed by atoms with van der Waals surface area (Å²) in [7, 11) is 0. The average Bonchev–Trinajstić information content (AvgIpc) is 3.48. The number of benzene rings is 10. The molecule has 10 aromatic carbocycles. The summed E-state index contributed by atoms with van der Waals surface area (Å²) in [5, 5.41) is 7.36. The van der Waals surface area contributed by atoms with Crippen LogP contribution in [0.15, 0.2) is 241 Å². The van der Waals surface area contributed by atoms with Gasteiger partial charge in [0.2, 0.25) is 0 Å². The molecule has 0 amide bonds. The van der Waals surface area contributed by atoms with Crippen molar-refractivity contribution >= 4 is 49.6 Å². The SMILES string of the molecule is C1=C(c2cc(-c3cccc(-c4cc(-c5ccccc5)cc(-c5ccccc5)c4)c3)cc3c4ccccc4c4ccccc4c23)/N=C(c2ccccc2)\N=C(\c2ccccc2)CCC\1. The van der Waals surface area contributed by atoms with Crippen LogP contribution in [0.25, 0.3) is 82.5 Å². The minimum Gasteiger partial charge on any atom is -0.233 e. The van der Waals surface area contributed by atoms with E-state index in [1.165, 1.54) is 65.7 Å². The van der Waals surface area contributed by atoms with Gasteiger partial charge in [-0.05, 0) is 138 Å². The van der Waals surface area contributed by atoms with Crippen LogP contribution in [0, 0.1) is 0 Å². The summed E-state index contributed by atoms with van der Waals surface area (Å²) in [6.07, 6.45) is 5.05. The van der Waals surface area contributed by atoms with Gasteiger partial charge < -0.3 is 0 Å². The summed E-state index contributed by atoms with van der Waals surface area (Å²) in [6, 6.07) is 81.0. The molecule has 1 aliphatic heterocycles. The largest absolute Gasteiger partial charge is 0.233 e. The first-order valence-electron chi connectivity index (χ1n) is 22.0. The maximum Gasteiger partial charge on any atom is 0.160 e. The number of allylic oxidation sites excluding steroid dienone is 1. The van der Waals surface area contributed by atoms with Gasteiger partial charge in [-0.2, -0.15) is 0 Å². The van der Waals surface area contributed by atoms with E-state index in [2.05, 4.69) is 231 Å². The Hall–Kier alpha value is -7.94. The fraction of sp³-hybridized carbons (Fsp3) is 0.0492. The van der Waals surface area contributed by atoms with Crippen LogP contribution in [0.2, 0.25) is 0 Å². The molecule has 0 radical (unpaired) electrons. The number of fused-ring (bicyclic) bond motifs is 6. The molecule has 0 atom stereocenters. The summed E-state index contributed by atoms with van der Waals surface area (Å²) >= 11 is 0. The number of hydrogen-bond donors (Lipinski definition) is 0. The Bertz CT molecular complexity index is 3320. The standard InChI is InChI=1S/C61H44N2/c1-5-20-42(21-6-1)48-37-49(43-22-7-2-8-23-43)39-50(38-48)46-28-19-29-47(36-46)51-40-56-54-32-14-13-30-52(54)53-31-15-16-33-55(53)60(56)57(41-51)59-35-18-17-34-58(44-24-9-3-10-25-44)62-61(63-59)45-26-11-4-12-27-45/h1-16,19-33,35-41H,17-18,34H2/b59-35-,62-58+,63-61-. The molecule has 1 aliphatic rings. The number of hydrogen-bond acceptors (Lipinski definition) is 2. The van der Waals surface area contributed by atoms with Crippen LogP contribution >= 0.6 is 0 Å². The van der Waals surface area contributed by atoms with Crippen molar-refractivity contribution in [1.29, 1.82) is 0 Å². The van der Waals surface area contributed by atoms with Crippen molar-refractivity contribution in [2.75, 3.05) is 0 Å². The molecule has 2 heteroatoms. The lowest BCUT2D eigenvalue weighted by molar-refractivity contribution is 0.896. The Morgan fingerprint density at radius 1 is 0.302 bits per heavy atom. The smallest absolute Gasteiger partial charge is 0.160 e. The summed E-state index contributed by atoms with van der Waals surface area (Å²) in [6.45, 7) is 0. The number of amidine groups is 1. The highest BCUT2D eigenvalue weighted by Crippen LogP contribution is 2.43. The van der Waals surface area contributed by atoms with Crippen LogP contribution in [-0.2, 0) is 0 Å². The highest BCUT2D eigenvalue weighted by atomic mass is 14.9. The van der Waals surface area contributed by atoms with Gasteiger partial charge in [-0.3, -0.25) is 0 Å². The predicted molar refractivity (Wildman–Crippen MR) is 268 cm³/mol. The number of rotatable bonds is 7. The maximum atomic E-state index is 5.62. The quantitative estimate of drug-likeness (QED) is 0.143. The predicted octanol–water partition coefficient (Wildman–Crippen LogP) is 16.3. The molecule has 0 saturated heterocycles. The van der Waals surface area contributed by atoms with Gasteiger partial charge in [-0.1, -0.05) is 194 Å². The normalized spacial score (nSPS) is 15.7. The third-order valence-corrected chi connectivity index (χ3v) is 12.4. The van der Waals surface area contributed by atoms with E-state index in [1.54, 1.807) is 0 Å². The minimum atomic E-state index is 0.723. The molecule has 11 rings (SSSR count). The minimum absolute atomic E-state index is 0.723. The molecule has 0 bridgehead atoms. The number of aliphatic imine (C=N–C) groups is 2. The van der Waals surface area contributed by atoms with Crippen LogP contribution in [0.3, 0.4) is 0 Å². The van der Waals surface area contributed by atoms with Crippen LogP contribution in [-0.4, -0.2) is 11.5 Å². The molecule has 63 heavy (non-hydrogen) atoms. The van der Waals surface area contributed by atoms with Gasteiger partial charge in [0.05, 0.1) is 11.4 Å². The van der Waals surface area contributed by atoms with Crippen LogP contribution < -0.4 is 0 Å². The summed E-state index contributed by atoms with van der Waals surface area (Å²) in [4.78, 5) is 11.0. The van der Waals surface area contributed by atoms with Crippen LogP contribution in [0.4, 0.5) is 0 Å². The van der Waals surface area contributed by atoms with E-state index in [-0.39, 0.29) is 0 Å². The van der Waals surface area contributed by atoms with E-state index < -0.39 is 0 Å². The Morgan fingerprint density at radius 3 is 1.32 bits per heavy atom. The summed E-state index contributed by atoms with van der Waals surface area (Å²) < 4.78 is 0. The van der Waals surface area contributed by atoms with Gasteiger partial charge in [-0.25, -0.2) is 9.98 Å². The molecule has 0 spiro atoms. The summed E-state index contributed by atoms with van der Waals surface area (Å²) in [5.74, 6) is 0.723. The van der Waals surface area contributed by atoms with Gasteiger partial charge in [0.25, 0.3) is 0 Å². The maximum absolute atomic E-state index is 5.62. The van der Waals surface area contributed by atoms with Crippen molar-refractivity contribution in [3.63, 3.8) is 0 Å². The van der Waals surface area contributed by atoms with E-state index in [4.69, 9.17) is 9.98 Å². The van der Waals surface area contributed by atoms with Crippen LogP contribution in [0.1, 0.15) is 36.0 Å². The highest BCUT2D eigenvalue weighted by molar-refractivity contribution is 6.28. The topological polar surface area (TPSA) is 24.7 Å². The van der Waals surface area contributed by atoms with Crippen LogP contribution in [0.5, 0.6) is 0 Å².